The van der Waals surface area contributed by atoms with Crippen LogP contribution in [-0.4, -0.2) is 23.6 Å². The number of hydrogen-bond acceptors (Lipinski definition) is 5. The fraction of sp³-hybridized carbons (Fsp3) is 0.667. The molecule has 0 aliphatic heterocycles. The summed E-state index contributed by atoms with van der Waals surface area (Å²) in [6.07, 6.45) is 3.73. The molecule has 1 N–H and O–H groups in total. The molecule has 1 aromatic rings. The van der Waals surface area contributed by atoms with Gasteiger partial charge in [-0.2, -0.15) is 0 Å². The van der Waals surface area contributed by atoms with E-state index in [2.05, 4.69) is 17.2 Å². The number of thiazole rings is 1. The van der Waals surface area contributed by atoms with Crippen molar-refractivity contribution in [2.75, 3.05) is 11.9 Å². The summed E-state index contributed by atoms with van der Waals surface area (Å²) in [5.41, 5.74) is 0.407. The van der Waals surface area contributed by atoms with E-state index in [1.54, 1.807) is 12.3 Å². The molecule has 0 aromatic carbocycles. The Morgan fingerprint density at radius 3 is 3.12 bits per heavy atom. The second kappa shape index (κ2) is 5.49. The average molecular weight is 254 g/mol. The molecule has 4 nitrogen and oxygen atoms in total. The van der Waals surface area contributed by atoms with E-state index in [1.807, 2.05) is 0 Å². The number of aromatic nitrogens is 1. The van der Waals surface area contributed by atoms with Gasteiger partial charge in [-0.15, -0.1) is 11.3 Å². The maximum Gasteiger partial charge on any atom is 0.357 e. The van der Waals surface area contributed by atoms with Gasteiger partial charge in [0.15, 0.2) is 10.8 Å². The van der Waals surface area contributed by atoms with Crippen LogP contribution in [0, 0.1) is 5.92 Å². The molecule has 1 aromatic heterocycles. The van der Waals surface area contributed by atoms with Crippen LogP contribution in [0.2, 0.25) is 0 Å². The molecule has 0 bridgehead atoms. The molecular weight excluding hydrogens is 236 g/mol. The van der Waals surface area contributed by atoms with Crippen LogP contribution in [0.1, 0.15) is 43.6 Å². The number of nitrogens with one attached hydrogen (secondary N) is 1. The molecule has 2 atom stereocenters. The number of anilines is 1. The van der Waals surface area contributed by atoms with Gasteiger partial charge < -0.3 is 10.1 Å². The monoisotopic (exact) mass is 254 g/mol. The van der Waals surface area contributed by atoms with Crippen molar-refractivity contribution >= 4 is 22.4 Å². The van der Waals surface area contributed by atoms with E-state index >= 15 is 0 Å². The number of hydrogen-bond donors (Lipinski definition) is 1. The van der Waals surface area contributed by atoms with Gasteiger partial charge in [0.2, 0.25) is 0 Å². The molecule has 94 valence electrons. The van der Waals surface area contributed by atoms with Crippen molar-refractivity contribution in [3.05, 3.63) is 11.1 Å². The van der Waals surface area contributed by atoms with Gasteiger partial charge in [-0.1, -0.05) is 13.3 Å². The normalized spacial score (nSPS) is 23.6. The van der Waals surface area contributed by atoms with E-state index in [9.17, 15) is 4.79 Å². The zero-order valence-corrected chi connectivity index (χ0v) is 11.0. The number of rotatable bonds is 4. The van der Waals surface area contributed by atoms with E-state index in [0.717, 1.165) is 5.13 Å². The summed E-state index contributed by atoms with van der Waals surface area (Å²) >= 11 is 1.47. The predicted molar refractivity (Wildman–Crippen MR) is 68.5 cm³/mol. The second-order valence-corrected chi connectivity index (χ2v) is 5.28. The van der Waals surface area contributed by atoms with Crippen molar-refractivity contribution in [1.82, 2.24) is 4.98 Å². The maximum atomic E-state index is 11.5. The van der Waals surface area contributed by atoms with Gasteiger partial charge >= 0.3 is 5.97 Å². The average Bonchev–Trinajstić information content (AvgIpc) is 2.90. The van der Waals surface area contributed by atoms with Gasteiger partial charge in [-0.3, -0.25) is 0 Å². The van der Waals surface area contributed by atoms with E-state index < -0.39 is 0 Å². The third-order valence-corrected chi connectivity index (χ3v) is 3.93. The lowest BCUT2D eigenvalue weighted by atomic mass is 10.1. The first-order valence-corrected chi connectivity index (χ1v) is 6.98. The van der Waals surface area contributed by atoms with Gasteiger partial charge in [0.1, 0.15) is 0 Å². The van der Waals surface area contributed by atoms with Crippen LogP contribution in [0.25, 0.3) is 0 Å². The molecule has 2 rings (SSSR count). The highest BCUT2D eigenvalue weighted by Crippen LogP contribution is 2.29. The largest absolute Gasteiger partial charge is 0.461 e. The Labute approximate surface area is 105 Å². The molecule has 1 aliphatic rings. The highest BCUT2D eigenvalue weighted by atomic mass is 32.1. The minimum absolute atomic E-state index is 0.337. The van der Waals surface area contributed by atoms with Gasteiger partial charge in [0.05, 0.1) is 6.61 Å². The Kier molecular flexibility index (Phi) is 3.99. The summed E-state index contributed by atoms with van der Waals surface area (Å²) in [5, 5.41) is 5.98. The summed E-state index contributed by atoms with van der Waals surface area (Å²) in [4.78, 5) is 15.7. The number of nitrogens with zero attached hydrogens (tertiary/aromatic N) is 1. The van der Waals surface area contributed by atoms with Crippen molar-refractivity contribution in [3.8, 4) is 0 Å². The van der Waals surface area contributed by atoms with Gasteiger partial charge in [-0.05, 0) is 25.7 Å². The van der Waals surface area contributed by atoms with Crippen LogP contribution in [0.15, 0.2) is 5.38 Å². The predicted octanol–water partition coefficient (Wildman–Crippen LogP) is 2.92. The zero-order valence-electron chi connectivity index (χ0n) is 10.2. The maximum absolute atomic E-state index is 11.5. The SMILES string of the molecule is CCOC(=O)c1csc(NC2CCCC2C)n1. The lowest BCUT2D eigenvalue weighted by molar-refractivity contribution is 0.0520. The van der Waals surface area contributed by atoms with Crippen LogP contribution in [0.3, 0.4) is 0 Å². The lowest BCUT2D eigenvalue weighted by Gasteiger charge is -2.15. The Bertz CT molecular complexity index is 392. The quantitative estimate of drug-likeness (QED) is 0.839. The fourth-order valence-corrected chi connectivity index (χ4v) is 2.90. The number of carbonyl (C=O) groups is 1. The molecule has 0 radical (unpaired) electrons. The first-order chi connectivity index (χ1) is 8.20. The third kappa shape index (κ3) is 2.97. The molecule has 0 spiro atoms. The Morgan fingerprint density at radius 2 is 2.47 bits per heavy atom. The van der Waals surface area contributed by atoms with Crippen molar-refractivity contribution in [2.45, 2.75) is 39.2 Å². The molecule has 1 aliphatic carbocycles. The molecule has 1 saturated carbocycles. The van der Waals surface area contributed by atoms with Gasteiger partial charge in [0.25, 0.3) is 0 Å². The Balaban J connectivity index is 1.96. The molecule has 17 heavy (non-hydrogen) atoms. The van der Waals surface area contributed by atoms with Crippen LogP contribution in [0.5, 0.6) is 0 Å². The summed E-state index contributed by atoms with van der Waals surface area (Å²) in [6, 6.07) is 0.496. The van der Waals surface area contributed by atoms with Gasteiger partial charge in [0, 0.05) is 11.4 Å². The minimum Gasteiger partial charge on any atom is -0.461 e. The van der Waals surface area contributed by atoms with Crippen molar-refractivity contribution in [3.63, 3.8) is 0 Å². The fourth-order valence-electron chi connectivity index (χ4n) is 2.16. The highest BCUT2D eigenvalue weighted by Gasteiger charge is 2.24. The first-order valence-electron chi connectivity index (χ1n) is 6.10. The molecule has 2 unspecified atom stereocenters. The van der Waals surface area contributed by atoms with Crippen LogP contribution < -0.4 is 5.32 Å². The van der Waals surface area contributed by atoms with Crippen LogP contribution >= 0.6 is 11.3 Å². The Hall–Kier alpha value is -1.10. The van der Waals surface area contributed by atoms with Crippen molar-refractivity contribution in [1.29, 1.82) is 0 Å². The summed E-state index contributed by atoms with van der Waals surface area (Å²) in [6.45, 7) is 4.44. The van der Waals surface area contributed by atoms with Gasteiger partial charge in [-0.25, -0.2) is 9.78 Å². The summed E-state index contributed by atoms with van der Waals surface area (Å²) in [5.74, 6) is 0.348. The number of carbonyl (C=O) groups excluding carboxylic acids is 1. The summed E-state index contributed by atoms with van der Waals surface area (Å²) < 4.78 is 4.91. The summed E-state index contributed by atoms with van der Waals surface area (Å²) in [7, 11) is 0. The van der Waals surface area contributed by atoms with Crippen molar-refractivity contribution in [2.24, 2.45) is 5.92 Å². The number of ether oxygens (including phenoxy) is 1. The Morgan fingerprint density at radius 1 is 1.65 bits per heavy atom. The topological polar surface area (TPSA) is 51.2 Å². The smallest absolute Gasteiger partial charge is 0.357 e. The highest BCUT2D eigenvalue weighted by molar-refractivity contribution is 7.13. The molecule has 0 amide bonds. The van der Waals surface area contributed by atoms with E-state index in [4.69, 9.17) is 4.74 Å². The van der Waals surface area contributed by atoms with Crippen LogP contribution in [0.4, 0.5) is 5.13 Å². The molecule has 5 heteroatoms. The first kappa shape index (κ1) is 12.4. The number of esters is 1. The molecular formula is C12H18N2O2S. The second-order valence-electron chi connectivity index (χ2n) is 4.42. The third-order valence-electron chi connectivity index (χ3n) is 3.16. The minimum atomic E-state index is -0.337. The van der Waals surface area contributed by atoms with E-state index in [-0.39, 0.29) is 5.97 Å². The molecule has 0 saturated heterocycles. The van der Waals surface area contributed by atoms with E-state index in [1.165, 1.54) is 30.6 Å². The van der Waals surface area contributed by atoms with Crippen LogP contribution in [-0.2, 0) is 4.74 Å². The standard InChI is InChI=1S/C12H18N2O2S/c1-3-16-11(15)10-7-17-12(14-10)13-9-6-4-5-8(9)2/h7-9H,3-6H2,1-2H3,(H,13,14). The zero-order chi connectivity index (χ0) is 12.3. The molecule has 1 fully saturated rings. The lowest BCUT2D eigenvalue weighted by Crippen LogP contribution is -2.21. The van der Waals surface area contributed by atoms with E-state index in [0.29, 0.717) is 24.3 Å². The van der Waals surface area contributed by atoms with Crippen molar-refractivity contribution < 1.29 is 9.53 Å². The molecule has 1 heterocycles.